The first-order valence-corrected chi connectivity index (χ1v) is 12.8. The molecule has 0 amide bonds. The van der Waals surface area contributed by atoms with E-state index in [0.29, 0.717) is 0 Å². The van der Waals surface area contributed by atoms with E-state index in [2.05, 4.69) is 123 Å². The average Bonchev–Trinajstić information content (AvgIpc) is 2.91. The lowest BCUT2D eigenvalue weighted by molar-refractivity contribution is 0.0215. The molecule has 0 aromatic heterocycles. The van der Waals surface area contributed by atoms with Gasteiger partial charge in [-0.2, -0.15) is 0 Å². The van der Waals surface area contributed by atoms with Gasteiger partial charge in [0.2, 0.25) is 0 Å². The highest BCUT2D eigenvalue weighted by Crippen LogP contribution is 2.49. The van der Waals surface area contributed by atoms with Gasteiger partial charge in [-0.1, -0.05) is 132 Å². The van der Waals surface area contributed by atoms with Gasteiger partial charge in [0.1, 0.15) is 5.60 Å². The van der Waals surface area contributed by atoms with Crippen LogP contribution in [0.2, 0.25) is 0 Å². The summed E-state index contributed by atoms with van der Waals surface area (Å²) in [6.45, 7) is 4.20. The molecule has 5 rings (SSSR count). The molecule has 1 aliphatic rings. The first-order valence-electron chi connectivity index (χ1n) is 12.8. The number of aliphatic hydroxyl groups is 1. The molecule has 1 saturated carbocycles. The molecular weight excluding hydrogens is 424 g/mol. The summed E-state index contributed by atoms with van der Waals surface area (Å²) < 4.78 is 0. The zero-order valence-corrected chi connectivity index (χ0v) is 20.7. The molecule has 1 fully saturated rings. The summed E-state index contributed by atoms with van der Waals surface area (Å²) in [4.78, 5) is 0. The second-order valence-corrected chi connectivity index (χ2v) is 9.93. The lowest BCUT2D eigenvalue weighted by Gasteiger charge is -2.42. The van der Waals surface area contributed by atoms with Gasteiger partial charge in [-0.05, 0) is 60.9 Å². The Labute approximate surface area is 209 Å². The van der Waals surface area contributed by atoms with E-state index >= 15 is 0 Å². The van der Waals surface area contributed by atoms with Gasteiger partial charge in [0.15, 0.2) is 0 Å². The molecule has 1 atom stereocenters. The molecule has 0 aliphatic heterocycles. The molecule has 0 radical (unpaired) electrons. The van der Waals surface area contributed by atoms with Crippen LogP contribution in [-0.4, -0.2) is 5.11 Å². The molecule has 176 valence electrons. The van der Waals surface area contributed by atoms with Crippen molar-refractivity contribution < 1.29 is 5.11 Å². The van der Waals surface area contributed by atoms with Crippen molar-refractivity contribution in [3.05, 3.63) is 148 Å². The first-order chi connectivity index (χ1) is 17.1. The second kappa shape index (κ2) is 10.1. The van der Waals surface area contributed by atoms with Crippen LogP contribution in [0.3, 0.4) is 0 Å². The van der Waals surface area contributed by atoms with E-state index in [9.17, 15) is 5.11 Å². The Morgan fingerprint density at radius 3 is 1.54 bits per heavy atom. The molecule has 0 heterocycles. The molecule has 1 aliphatic carbocycles. The summed E-state index contributed by atoms with van der Waals surface area (Å²) in [6, 6.07) is 38.4. The average molecular weight is 459 g/mol. The van der Waals surface area contributed by atoms with Crippen LogP contribution in [0.25, 0.3) is 5.57 Å². The Hall–Kier alpha value is -3.42. The Balaban J connectivity index is 1.78. The lowest BCUT2D eigenvalue weighted by atomic mass is 9.65. The summed E-state index contributed by atoms with van der Waals surface area (Å²) in [6.07, 6.45) is 4.21. The number of rotatable bonds is 5. The van der Waals surface area contributed by atoms with Crippen LogP contribution in [0.5, 0.6) is 0 Å². The van der Waals surface area contributed by atoms with Gasteiger partial charge in [0.05, 0.1) is 0 Å². The maximum Gasteiger partial charge on any atom is 0.121 e. The zero-order chi connectivity index (χ0) is 24.3. The van der Waals surface area contributed by atoms with E-state index in [-0.39, 0.29) is 5.92 Å². The van der Waals surface area contributed by atoms with Crippen molar-refractivity contribution in [1.82, 2.24) is 0 Å². The predicted molar refractivity (Wildman–Crippen MR) is 146 cm³/mol. The summed E-state index contributed by atoms with van der Waals surface area (Å²) in [5.74, 6) is -0.0166. The van der Waals surface area contributed by atoms with Crippen LogP contribution < -0.4 is 0 Å². The number of hydrogen-bond donors (Lipinski definition) is 1. The van der Waals surface area contributed by atoms with Crippen molar-refractivity contribution in [3.8, 4) is 0 Å². The number of aryl methyl sites for hydroxylation is 2. The molecule has 0 bridgehead atoms. The summed E-state index contributed by atoms with van der Waals surface area (Å²) in [5.41, 5.74) is 8.31. The number of hydrogen-bond acceptors (Lipinski definition) is 1. The third-order valence-electron chi connectivity index (χ3n) is 7.54. The van der Waals surface area contributed by atoms with E-state index < -0.39 is 5.60 Å². The minimum Gasteiger partial charge on any atom is -0.380 e. The van der Waals surface area contributed by atoms with Gasteiger partial charge in [-0.3, -0.25) is 0 Å². The Morgan fingerprint density at radius 2 is 1.09 bits per heavy atom. The molecule has 35 heavy (non-hydrogen) atoms. The second-order valence-electron chi connectivity index (χ2n) is 9.93. The Kier molecular flexibility index (Phi) is 6.70. The highest BCUT2D eigenvalue weighted by Gasteiger charge is 2.43. The van der Waals surface area contributed by atoms with Crippen molar-refractivity contribution in [3.63, 3.8) is 0 Å². The molecule has 4 aromatic carbocycles. The standard InChI is InChI=1S/C34H34O/c1-25-17-21-29(22-18-25)34(35,30-23-19-26(2)20-24-30)32-16-10-9-15-31(32)33(27-11-5-3-6-12-27)28-13-7-4-8-14-28/h3-8,11-14,17-24,32,35H,9-10,15-16H2,1-2H3. The van der Waals surface area contributed by atoms with Gasteiger partial charge in [0.25, 0.3) is 0 Å². The van der Waals surface area contributed by atoms with Crippen molar-refractivity contribution in [1.29, 1.82) is 0 Å². The minimum atomic E-state index is -1.11. The van der Waals surface area contributed by atoms with Crippen molar-refractivity contribution in [2.45, 2.75) is 45.1 Å². The first kappa shape index (κ1) is 23.3. The van der Waals surface area contributed by atoms with Crippen molar-refractivity contribution >= 4 is 5.57 Å². The predicted octanol–water partition coefficient (Wildman–Crippen LogP) is 8.23. The maximum atomic E-state index is 12.8. The van der Waals surface area contributed by atoms with Crippen LogP contribution in [0.15, 0.2) is 115 Å². The molecular formula is C34H34O. The molecule has 0 saturated heterocycles. The highest BCUT2D eigenvalue weighted by molar-refractivity contribution is 5.82. The molecule has 1 heteroatoms. The third kappa shape index (κ3) is 4.61. The summed E-state index contributed by atoms with van der Waals surface area (Å²) >= 11 is 0. The van der Waals surface area contributed by atoms with E-state index in [4.69, 9.17) is 0 Å². The van der Waals surface area contributed by atoms with Crippen LogP contribution in [0, 0.1) is 19.8 Å². The van der Waals surface area contributed by atoms with Crippen LogP contribution in [0.4, 0.5) is 0 Å². The SMILES string of the molecule is Cc1ccc(C(O)(c2ccc(C)cc2)C2CCCCC2=C(c2ccccc2)c2ccccc2)cc1. The zero-order valence-electron chi connectivity index (χ0n) is 20.7. The van der Waals surface area contributed by atoms with Crippen molar-refractivity contribution in [2.24, 2.45) is 5.92 Å². The highest BCUT2D eigenvalue weighted by atomic mass is 16.3. The topological polar surface area (TPSA) is 20.2 Å². The fraction of sp³-hybridized carbons (Fsp3) is 0.235. The van der Waals surface area contributed by atoms with E-state index in [1.54, 1.807) is 0 Å². The van der Waals surface area contributed by atoms with Gasteiger partial charge in [0, 0.05) is 5.92 Å². The van der Waals surface area contributed by atoms with E-state index in [1.807, 2.05) is 0 Å². The van der Waals surface area contributed by atoms with Crippen LogP contribution in [-0.2, 0) is 5.60 Å². The normalized spacial score (nSPS) is 16.2. The molecule has 1 nitrogen and oxygen atoms in total. The van der Waals surface area contributed by atoms with Crippen molar-refractivity contribution in [2.75, 3.05) is 0 Å². The van der Waals surface area contributed by atoms with Crippen LogP contribution >= 0.6 is 0 Å². The van der Waals surface area contributed by atoms with E-state index in [0.717, 1.165) is 36.8 Å². The molecule has 1 unspecified atom stereocenters. The number of benzene rings is 4. The fourth-order valence-electron chi connectivity index (χ4n) is 5.70. The minimum absolute atomic E-state index is 0.0166. The molecule has 4 aromatic rings. The maximum absolute atomic E-state index is 12.8. The quantitative estimate of drug-likeness (QED) is 0.319. The summed E-state index contributed by atoms with van der Waals surface area (Å²) in [5, 5.41) is 12.8. The molecule has 1 N–H and O–H groups in total. The molecule has 0 spiro atoms. The lowest BCUT2D eigenvalue weighted by Crippen LogP contribution is -2.39. The smallest absolute Gasteiger partial charge is 0.121 e. The summed E-state index contributed by atoms with van der Waals surface area (Å²) in [7, 11) is 0. The fourth-order valence-corrected chi connectivity index (χ4v) is 5.70. The third-order valence-corrected chi connectivity index (χ3v) is 7.54. The van der Waals surface area contributed by atoms with Gasteiger partial charge < -0.3 is 5.11 Å². The van der Waals surface area contributed by atoms with E-state index in [1.165, 1.54) is 33.4 Å². The van der Waals surface area contributed by atoms with Crippen LogP contribution in [0.1, 0.15) is 59.1 Å². The van der Waals surface area contributed by atoms with Gasteiger partial charge in [-0.25, -0.2) is 0 Å². The van der Waals surface area contributed by atoms with Gasteiger partial charge >= 0.3 is 0 Å². The largest absolute Gasteiger partial charge is 0.380 e. The monoisotopic (exact) mass is 458 g/mol. The Morgan fingerprint density at radius 1 is 0.629 bits per heavy atom. The van der Waals surface area contributed by atoms with Gasteiger partial charge in [-0.15, -0.1) is 0 Å². The Bertz CT molecular complexity index is 1200.